The minimum Gasteiger partial charge on any atom is -0.376 e. The maximum atomic E-state index is 12.7. The molecule has 98 valence electrons. The first-order chi connectivity index (χ1) is 8.74. The summed E-state index contributed by atoms with van der Waals surface area (Å²) < 4.78 is 18.2. The Morgan fingerprint density at radius 3 is 2.78 bits per heavy atom. The molecular formula is C13H17FN2OS. The van der Waals surface area contributed by atoms with Gasteiger partial charge in [-0.25, -0.2) is 4.39 Å². The number of hydrogen-bond donors (Lipinski definition) is 2. The zero-order valence-corrected chi connectivity index (χ0v) is 10.9. The molecule has 5 heteroatoms. The minimum atomic E-state index is -0.224. The SMILES string of the molecule is Fc1ccc(CNC(=S)NCC2CCCO2)cc1. The van der Waals surface area contributed by atoms with Gasteiger partial charge in [0.1, 0.15) is 5.82 Å². The van der Waals surface area contributed by atoms with Crippen LogP contribution in [0.1, 0.15) is 18.4 Å². The highest BCUT2D eigenvalue weighted by atomic mass is 32.1. The highest BCUT2D eigenvalue weighted by Crippen LogP contribution is 2.10. The van der Waals surface area contributed by atoms with Crippen LogP contribution in [-0.4, -0.2) is 24.4 Å². The smallest absolute Gasteiger partial charge is 0.166 e. The van der Waals surface area contributed by atoms with Crippen molar-refractivity contribution in [2.75, 3.05) is 13.2 Å². The van der Waals surface area contributed by atoms with E-state index in [1.807, 2.05) is 0 Å². The van der Waals surface area contributed by atoms with Crippen LogP contribution in [0, 0.1) is 5.82 Å². The molecule has 1 aliphatic heterocycles. The molecule has 3 nitrogen and oxygen atoms in total. The van der Waals surface area contributed by atoms with Gasteiger partial charge < -0.3 is 15.4 Å². The number of hydrogen-bond acceptors (Lipinski definition) is 2. The van der Waals surface area contributed by atoms with E-state index in [1.54, 1.807) is 12.1 Å². The lowest BCUT2D eigenvalue weighted by Gasteiger charge is -2.14. The highest BCUT2D eigenvalue weighted by molar-refractivity contribution is 7.80. The third kappa shape index (κ3) is 4.23. The zero-order valence-electron chi connectivity index (χ0n) is 10.1. The van der Waals surface area contributed by atoms with Gasteiger partial charge in [0, 0.05) is 19.7 Å². The van der Waals surface area contributed by atoms with Gasteiger partial charge in [-0.05, 0) is 42.8 Å². The molecule has 1 atom stereocenters. The quantitative estimate of drug-likeness (QED) is 0.818. The molecule has 1 unspecified atom stereocenters. The van der Waals surface area contributed by atoms with Crippen LogP contribution in [0.25, 0.3) is 0 Å². The molecule has 18 heavy (non-hydrogen) atoms. The Kier molecular flexibility index (Phi) is 4.90. The van der Waals surface area contributed by atoms with Crippen LogP contribution in [0.2, 0.25) is 0 Å². The van der Waals surface area contributed by atoms with E-state index in [9.17, 15) is 4.39 Å². The van der Waals surface area contributed by atoms with Gasteiger partial charge in [-0.15, -0.1) is 0 Å². The summed E-state index contributed by atoms with van der Waals surface area (Å²) in [6, 6.07) is 6.37. The Bertz CT molecular complexity index is 390. The maximum absolute atomic E-state index is 12.7. The second-order valence-corrected chi connectivity index (χ2v) is 4.73. The van der Waals surface area contributed by atoms with Crippen molar-refractivity contribution in [1.82, 2.24) is 10.6 Å². The monoisotopic (exact) mass is 268 g/mol. The molecule has 1 aliphatic rings. The molecule has 2 N–H and O–H groups in total. The second kappa shape index (κ2) is 6.66. The van der Waals surface area contributed by atoms with Crippen molar-refractivity contribution in [3.8, 4) is 0 Å². The summed E-state index contributed by atoms with van der Waals surface area (Å²) in [5.74, 6) is -0.224. The maximum Gasteiger partial charge on any atom is 0.166 e. The fraction of sp³-hybridized carbons (Fsp3) is 0.462. The van der Waals surface area contributed by atoms with Crippen molar-refractivity contribution in [3.05, 3.63) is 35.6 Å². The Balaban J connectivity index is 1.66. The first-order valence-electron chi connectivity index (χ1n) is 6.12. The van der Waals surface area contributed by atoms with Crippen molar-refractivity contribution in [1.29, 1.82) is 0 Å². The number of halogens is 1. The number of thiocarbonyl (C=S) groups is 1. The number of benzene rings is 1. The lowest BCUT2D eigenvalue weighted by Crippen LogP contribution is -2.39. The number of nitrogens with one attached hydrogen (secondary N) is 2. The Labute approximate surface area is 112 Å². The predicted molar refractivity (Wildman–Crippen MR) is 72.8 cm³/mol. The van der Waals surface area contributed by atoms with Crippen LogP contribution in [0.5, 0.6) is 0 Å². The van der Waals surface area contributed by atoms with Crippen LogP contribution < -0.4 is 10.6 Å². The van der Waals surface area contributed by atoms with Crippen LogP contribution in [0.3, 0.4) is 0 Å². The third-order valence-corrected chi connectivity index (χ3v) is 3.17. The van der Waals surface area contributed by atoms with Crippen molar-refractivity contribution in [2.24, 2.45) is 0 Å². The molecule has 2 rings (SSSR count). The van der Waals surface area contributed by atoms with Crippen LogP contribution in [-0.2, 0) is 11.3 Å². The molecule has 1 heterocycles. The van der Waals surface area contributed by atoms with E-state index in [2.05, 4.69) is 10.6 Å². The van der Waals surface area contributed by atoms with Crippen molar-refractivity contribution < 1.29 is 9.13 Å². The first-order valence-corrected chi connectivity index (χ1v) is 6.52. The van der Waals surface area contributed by atoms with Crippen LogP contribution in [0.4, 0.5) is 4.39 Å². The molecular weight excluding hydrogens is 251 g/mol. The van der Waals surface area contributed by atoms with E-state index in [4.69, 9.17) is 17.0 Å². The van der Waals surface area contributed by atoms with Crippen molar-refractivity contribution in [3.63, 3.8) is 0 Å². The summed E-state index contributed by atoms with van der Waals surface area (Å²) in [7, 11) is 0. The normalized spacial score (nSPS) is 18.6. The molecule has 0 amide bonds. The van der Waals surface area contributed by atoms with E-state index in [-0.39, 0.29) is 11.9 Å². The Morgan fingerprint density at radius 1 is 1.33 bits per heavy atom. The summed E-state index contributed by atoms with van der Waals surface area (Å²) >= 11 is 5.16. The molecule has 0 spiro atoms. The van der Waals surface area contributed by atoms with Gasteiger partial charge in [0.2, 0.25) is 0 Å². The third-order valence-electron chi connectivity index (χ3n) is 2.88. The van der Waals surface area contributed by atoms with Gasteiger partial charge in [-0.1, -0.05) is 12.1 Å². The fourth-order valence-corrected chi connectivity index (χ4v) is 2.01. The van der Waals surface area contributed by atoms with Gasteiger partial charge in [0.15, 0.2) is 5.11 Å². The van der Waals surface area contributed by atoms with Gasteiger partial charge >= 0.3 is 0 Å². The lowest BCUT2D eigenvalue weighted by molar-refractivity contribution is 0.114. The summed E-state index contributed by atoms with van der Waals surface area (Å²) in [5, 5.41) is 6.82. The van der Waals surface area contributed by atoms with Crippen molar-refractivity contribution in [2.45, 2.75) is 25.5 Å². The largest absolute Gasteiger partial charge is 0.376 e. The number of rotatable bonds is 4. The van der Waals surface area contributed by atoms with E-state index in [1.165, 1.54) is 12.1 Å². The summed E-state index contributed by atoms with van der Waals surface area (Å²) in [5.41, 5.74) is 0.998. The van der Waals surface area contributed by atoms with Crippen LogP contribution >= 0.6 is 12.2 Å². The second-order valence-electron chi connectivity index (χ2n) is 4.33. The molecule has 1 aromatic carbocycles. The Hall–Kier alpha value is -1.20. The molecule has 1 saturated heterocycles. The molecule has 1 aromatic rings. The van der Waals surface area contributed by atoms with Crippen LogP contribution in [0.15, 0.2) is 24.3 Å². The average molecular weight is 268 g/mol. The van der Waals surface area contributed by atoms with Gasteiger partial charge in [0.05, 0.1) is 6.10 Å². The topological polar surface area (TPSA) is 33.3 Å². The first kappa shape index (κ1) is 13.2. The van der Waals surface area contributed by atoms with E-state index >= 15 is 0 Å². The minimum absolute atomic E-state index is 0.224. The zero-order chi connectivity index (χ0) is 12.8. The van der Waals surface area contributed by atoms with Gasteiger partial charge in [-0.2, -0.15) is 0 Å². The van der Waals surface area contributed by atoms with E-state index in [0.717, 1.165) is 31.6 Å². The molecule has 0 aliphatic carbocycles. The molecule has 0 saturated carbocycles. The van der Waals surface area contributed by atoms with E-state index < -0.39 is 0 Å². The molecule has 0 aromatic heterocycles. The Morgan fingerprint density at radius 2 is 2.11 bits per heavy atom. The highest BCUT2D eigenvalue weighted by Gasteiger charge is 2.14. The standard InChI is InChI=1S/C13H17FN2OS/c14-11-5-3-10(4-6-11)8-15-13(18)16-9-12-2-1-7-17-12/h3-6,12H,1-2,7-9H2,(H2,15,16,18). The van der Waals surface area contributed by atoms with Gasteiger partial charge in [-0.3, -0.25) is 0 Å². The number of ether oxygens (including phenoxy) is 1. The van der Waals surface area contributed by atoms with E-state index in [0.29, 0.717) is 11.7 Å². The summed E-state index contributed by atoms with van der Waals surface area (Å²) in [6.07, 6.45) is 2.49. The molecule has 0 bridgehead atoms. The average Bonchev–Trinajstić information content (AvgIpc) is 2.89. The van der Waals surface area contributed by atoms with Crippen molar-refractivity contribution >= 4 is 17.3 Å². The summed E-state index contributed by atoms with van der Waals surface area (Å²) in [4.78, 5) is 0. The predicted octanol–water partition coefficient (Wildman–Crippen LogP) is 1.97. The summed E-state index contributed by atoms with van der Waals surface area (Å²) in [6.45, 7) is 2.19. The lowest BCUT2D eigenvalue weighted by atomic mass is 10.2. The fourth-order valence-electron chi connectivity index (χ4n) is 1.86. The molecule has 0 radical (unpaired) electrons. The molecule has 1 fully saturated rings. The van der Waals surface area contributed by atoms with Gasteiger partial charge in [0.25, 0.3) is 0 Å².